The first-order chi connectivity index (χ1) is 8.00. The molecule has 3 atom stereocenters. The summed E-state index contributed by atoms with van der Waals surface area (Å²) < 4.78 is 5.18. The lowest BCUT2D eigenvalue weighted by atomic mass is 9.99. The van der Waals surface area contributed by atoms with E-state index >= 15 is 0 Å². The zero-order chi connectivity index (χ0) is 12.6. The Hall–Kier alpha value is -1.26. The molecule has 1 heterocycles. The summed E-state index contributed by atoms with van der Waals surface area (Å²) >= 11 is 0. The Morgan fingerprint density at radius 3 is 2.71 bits per heavy atom. The Bertz CT molecular complexity index is 328. The lowest BCUT2D eigenvalue weighted by Gasteiger charge is -2.31. The largest absolute Gasteiger partial charge is 0.465 e. The molecule has 2 aliphatic rings. The number of esters is 1. The number of likely N-dealkylation sites (tertiary alicyclic amines) is 1. The normalized spacial score (nSPS) is 31.0. The van der Waals surface area contributed by atoms with Crippen LogP contribution in [0.5, 0.6) is 0 Å². The van der Waals surface area contributed by atoms with Crippen molar-refractivity contribution in [3.8, 4) is 0 Å². The van der Waals surface area contributed by atoms with Crippen LogP contribution in [-0.4, -0.2) is 40.8 Å². The van der Waals surface area contributed by atoms with Crippen LogP contribution in [0.3, 0.4) is 0 Å². The predicted molar refractivity (Wildman–Crippen MR) is 60.6 cm³/mol. The molecule has 5 nitrogen and oxygen atoms in total. The number of carboxylic acid groups (broad SMARTS) is 1. The summed E-state index contributed by atoms with van der Waals surface area (Å²) in [5.41, 5.74) is 0. The molecule has 17 heavy (non-hydrogen) atoms. The van der Waals surface area contributed by atoms with Crippen LogP contribution in [-0.2, 0) is 9.53 Å². The molecule has 1 N–H and O–H groups in total. The summed E-state index contributed by atoms with van der Waals surface area (Å²) in [7, 11) is 0. The van der Waals surface area contributed by atoms with E-state index in [2.05, 4.69) is 0 Å². The van der Waals surface area contributed by atoms with Crippen LogP contribution in [0.4, 0.5) is 4.79 Å². The van der Waals surface area contributed by atoms with Gasteiger partial charge in [-0.3, -0.25) is 4.90 Å². The lowest BCUT2D eigenvalue weighted by Crippen LogP contribution is -2.49. The highest BCUT2D eigenvalue weighted by molar-refractivity contribution is 5.82. The van der Waals surface area contributed by atoms with E-state index in [1.165, 1.54) is 4.90 Å². The second kappa shape index (κ2) is 4.55. The summed E-state index contributed by atoms with van der Waals surface area (Å²) in [6, 6.07) is -0.543. The van der Waals surface area contributed by atoms with E-state index in [0.29, 0.717) is 6.61 Å². The SMILES string of the molecule is CC(C)COC(=O)[C@H]1[C@H]2CC[C@H](C2)N1C(=O)O. The molecular weight excluding hydrogens is 222 g/mol. The number of ether oxygens (including phenoxy) is 1. The van der Waals surface area contributed by atoms with Crippen LogP contribution in [0.2, 0.25) is 0 Å². The molecule has 0 aromatic heterocycles. The molecule has 5 heteroatoms. The smallest absolute Gasteiger partial charge is 0.408 e. The molecule has 0 spiro atoms. The number of hydrogen-bond donors (Lipinski definition) is 1. The van der Waals surface area contributed by atoms with Crippen molar-refractivity contribution in [1.82, 2.24) is 4.90 Å². The molecule has 0 radical (unpaired) electrons. The van der Waals surface area contributed by atoms with Crippen molar-refractivity contribution >= 4 is 12.1 Å². The summed E-state index contributed by atoms with van der Waals surface area (Å²) in [5, 5.41) is 9.15. The highest BCUT2D eigenvalue weighted by Crippen LogP contribution is 2.42. The Kier molecular flexibility index (Phi) is 3.26. The molecule has 0 unspecified atom stereocenters. The van der Waals surface area contributed by atoms with Gasteiger partial charge in [0.05, 0.1) is 6.61 Å². The van der Waals surface area contributed by atoms with Gasteiger partial charge in [-0.15, -0.1) is 0 Å². The number of fused-ring (bicyclic) bond motifs is 2. The maximum Gasteiger partial charge on any atom is 0.408 e. The fraction of sp³-hybridized carbons (Fsp3) is 0.833. The molecule has 1 amide bonds. The molecule has 1 aliphatic heterocycles. The van der Waals surface area contributed by atoms with Gasteiger partial charge >= 0.3 is 12.1 Å². The van der Waals surface area contributed by atoms with Crippen LogP contribution >= 0.6 is 0 Å². The van der Waals surface area contributed by atoms with Crippen molar-refractivity contribution in [2.45, 2.75) is 45.2 Å². The first-order valence-corrected chi connectivity index (χ1v) is 6.18. The molecule has 96 valence electrons. The minimum absolute atomic E-state index is 0.0223. The van der Waals surface area contributed by atoms with Crippen molar-refractivity contribution in [2.75, 3.05) is 6.61 Å². The van der Waals surface area contributed by atoms with Crippen molar-refractivity contribution in [1.29, 1.82) is 0 Å². The number of hydrogen-bond acceptors (Lipinski definition) is 3. The fourth-order valence-corrected chi connectivity index (χ4v) is 2.90. The van der Waals surface area contributed by atoms with Gasteiger partial charge in [-0.1, -0.05) is 13.8 Å². The zero-order valence-electron chi connectivity index (χ0n) is 10.3. The number of rotatable bonds is 3. The minimum atomic E-state index is -0.997. The second-order valence-corrected chi connectivity index (χ2v) is 5.39. The molecular formula is C12H19NO4. The Balaban J connectivity index is 2.03. The number of carbonyl (C=O) groups is 2. The first kappa shape index (κ1) is 12.2. The van der Waals surface area contributed by atoms with Gasteiger partial charge in [-0.2, -0.15) is 0 Å². The average Bonchev–Trinajstić information content (AvgIpc) is 2.84. The molecule has 1 aliphatic carbocycles. The number of piperidine rings is 1. The summed E-state index contributed by atoms with van der Waals surface area (Å²) in [4.78, 5) is 24.4. The Morgan fingerprint density at radius 2 is 2.12 bits per heavy atom. The maximum absolute atomic E-state index is 11.9. The van der Waals surface area contributed by atoms with Crippen molar-refractivity contribution < 1.29 is 19.4 Å². The van der Waals surface area contributed by atoms with Crippen LogP contribution in [0.15, 0.2) is 0 Å². The number of nitrogens with zero attached hydrogens (tertiary/aromatic N) is 1. The predicted octanol–water partition coefficient (Wildman–Crippen LogP) is 1.72. The van der Waals surface area contributed by atoms with Gasteiger partial charge in [0.25, 0.3) is 0 Å². The molecule has 1 saturated heterocycles. The monoisotopic (exact) mass is 241 g/mol. The van der Waals surface area contributed by atoms with Gasteiger partial charge < -0.3 is 9.84 Å². The van der Waals surface area contributed by atoms with Gasteiger partial charge in [-0.05, 0) is 31.1 Å². The van der Waals surface area contributed by atoms with Crippen LogP contribution in [0, 0.1) is 11.8 Å². The van der Waals surface area contributed by atoms with Gasteiger partial charge in [0.1, 0.15) is 6.04 Å². The quantitative estimate of drug-likeness (QED) is 0.764. The summed E-state index contributed by atoms with van der Waals surface area (Å²) in [6.45, 7) is 4.28. The molecule has 0 aromatic carbocycles. The van der Waals surface area contributed by atoms with Crippen LogP contribution in [0.1, 0.15) is 33.1 Å². The zero-order valence-corrected chi connectivity index (χ0v) is 10.3. The van der Waals surface area contributed by atoms with E-state index in [0.717, 1.165) is 19.3 Å². The highest BCUT2D eigenvalue weighted by atomic mass is 16.5. The Morgan fingerprint density at radius 1 is 1.41 bits per heavy atom. The number of carbonyl (C=O) groups excluding carboxylic acids is 1. The third-order valence-electron chi connectivity index (χ3n) is 3.61. The van der Waals surface area contributed by atoms with Gasteiger partial charge in [-0.25, -0.2) is 9.59 Å². The molecule has 2 bridgehead atoms. The van der Waals surface area contributed by atoms with E-state index in [9.17, 15) is 9.59 Å². The standard InChI is InChI=1S/C12H19NO4/c1-7(2)6-17-11(14)10-8-3-4-9(5-8)13(10)12(15)16/h7-10H,3-6H2,1-2H3,(H,15,16)/t8-,9+,10+/m0/s1. The highest BCUT2D eigenvalue weighted by Gasteiger charge is 2.52. The summed E-state index contributed by atoms with van der Waals surface area (Å²) in [6.07, 6.45) is 1.64. The maximum atomic E-state index is 11.9. The average molecular weight is 241 g/mol. The van der Waals surface area contributed by atoms with Gasteiger partial charge in [0.15, 0.2) is 0 Å². The number of amides is 1. The van der Waals surface area contributed by atoms with E-state index in [4.69, 9.17) is 9.84 Å². The second-order valence-electron chi connectivity index (χ2n) is 5.39. The lowest BCUT2D eigenvalue weighted by molar-refractivity contribution is -0.152. The van der Waals surface area contributed by atoms with Crippen molar-refractivity contribution in [3.05, 3.63) is 0 Å². The van der Waals surface area contributed by atoms with E-state index in [1.54, 1.807) is 0 Å². The van der Waals surface area contributed by atoms with Crippen LogP contribution in [0.25, 0.3) is 0 Å². The van der Waals surface area contributed by atoms with Gasteiger partial charge in [0, 0.05) is 6.04 Å². The van der Waals surface area contributed by atoms with Crippen molar-refractivity contribution in [3.63, 3.8) is 0 Å². The third kappa shape index (κ3) is 2.23. The minimum Gasteiger partial charge on any atom is -0.465 e. The van der Waals surface area contributed by atoms with Crippen LogP contribution < -0.4 is 0 Å². The summed E-state index contributed by atoms with van der Waals surface area (Å²) in [5.74, 6) is 0.0693. The van der Waals surface area contributed by atoms with E-state index in [-0.39, 0.29) is 23.8 Å². The fourth-order valence-electron chi connectivity index (χ4n) is 2.90. The Labute approximate surface area is 101 Å². The molecule has 2 fully saturated rings. The first-order valence-electron chi connectivity index (χ1n) is 6.18. The molecule has 1 saturated carbocycles. The molecule has 0 aromatic rings. The van der Waals surface area contributed by atoms with Crippen molar-refractivity contribution in [2.24, 2.45) is 11.8 Å². The topological polar surface area (TPSA) is 66.8 Å². The van der Waals surface area contributed by atoms with E-state index < -0.39 is 12.1 Å². The van der Waals surface area contributed by atoms with E-state index in [1.807, 2.05) is 13.8 Å². The van der Waals surface area contributed by atoms with Gasteiger partial charge in [0.2, 0.25) is 0 Å². The molecule has 2 rings (SSSR count). The third-order valence-corrected chi connectivity index (χ3v) is 3.61.